The molecule has 1 N–H and O–H groups in total. The van der Waals surface area contributed by atoms with Gasteiger partial charge in [0, 0.05) is 17.8 Å². The van der Waals surface area contributed by atoms with E-state index in [1.807, 2.05) is 0 Å². The third-order valence-electron chi connectivity index (χ3n) is 4.27. The van der Waals surface area contributed by atoms with Crippen LogP contribution < -0.4 is 5.32 Å². The van der Waals surface area contributed by atoms with E-state index in [1.54, 1.807) is 11.3 Å². The molecule has 0 saturated carbocycles. The van der Waals surface area contributed by atoms with Crippen LogP contribution in [0.15, 0.2) is 0 Å². The van der Waals surface area contributed by atoms with Gasteiger partial charge >= 0.3 is 0 Å². The second kappa shape index (κ2) is 9.05. The van der Waals surface area contributed by atoms with Gasteiger partial charge in [-0.3, -0.25) is 4.79 Å². The Labute approximate surface area is 143 Å². The zero-order valence-corrected chi connectivity index (χ0v) is 15.1. The molecule has 0 fully saturated rings. The molecule has 0 saturated heterocycles. The van der Waals surface area contributed by atoms with Crippen LogP contribution in [0.5, 0.6) is 0 Å². The molecule has 1 amide bonds. The molecule has 0 bridgehead atoms. The molecular formula is C18H27N3OS. The molecule has 126 valence electrons. The average Bonchev–Trinajstić information content (AvgIpc) is 2.90. The Morgan fingerprint density at radius 1 is 1.22 bits per heavy atom. The van der Waals surface area contributed by atoms with Crippen LogP contribution in [0.2, 0.25) is 0 Å². The minimum absolute atomic E-state index is 0.0253. The van der Waals surface area contributed by atoms with Crippen LogP contribution in [-0.2, 0) is 17.6 Å². The first-order valence-electron chi connectivity index (χ1n) is 8.76. The second-order valence-corrected chi connectivity index (χ2v) is 7.27. The van der Waals surface area contributed by atoms with Crippen molar-refractivity contribution in [3.8, 4) is 6.07 Å². The summed E-state index contributed by atoms with van der Waals surface area (Å²) in [6.45, 7) is 7.20. The summed E-state index contributed by atoms with van der Waals surface area (Å²) < 4.78 is 0. The summed E-state index contributed by atoms with van der Waals surface area (Å²) in [5.41, 5.74) is 1.88. The lowest BCUT2D eigenvalue weighted by atomic mass is 9.96. The summed E-state index contributed by atoms with van der Waals surface area (Å²) >= 11 is 1.60. The molecule has 23 heavy (non-hydrogen) atoms. The van der Waals surface area contributed by atoms with Gasteiger partial charge in [-0.25, -0.2) is 0 Å². The number of amides is 1. The molecule has 0 spiro atoms. The van der Waals surface area contributed by atoms with E-state index in [4.69, 9.17) is 0 Å². The average molecular weight is 334 g/mol. The Morgan fingerprint density at radius 3 is 2.57 bits per heavy atom. The van der Waals surface area contributed by atoms with Gasteiger partial charge in [-0.2, -0.15) is 5.26 Å². The van der Waals surface area contributed by atoms with Crippen molar-refractivity contribution < 1.29 is 4.79 Å². The third kappa shape index (κ3) is 4.79. The fourth-order valence-electron chi connectivity index (χ4n) is 3.19. The van der Waals surface area contributed by atoms with E-state index in [-0.39, 0.29) is 5.91 Å². The van der Waals surface area contributed by atoms with Gasteiger partial charge in [0.05, 0.1) is 5.56 Å². The molecule has 0 unspecified atom stereocenters. The van der Waals surface area contributed by atoms with Gasteiger partial charge in [0.2, 0.25) is 5.91 Å². The zero-order chi connectivity index (χ0) is 16.7. The van der Waals surface area contributed by atoms with Crippen molar-refractivity contribution in [2.45, 2.75) is 58.8 Å². The molecule has 0 aromatic carbocycles. The summed E-state index contributed by atoms with van der Waals surface area (Å²) in [6, 6.07) is 2.30. The number of carbonyl (C=O) groups is 1. The normalized spacial score (nSPS) is 13.7. The number of hydrogen-bond donors (Lipinski definition) is 1. The molecule has 0 radical (unpaired) electrons. The van der Waals surface area contributed by atoms with Crippen molar-refractivity contribution in [1.29, 1.82) is 5.26 Å². The van der Waals surface area contributed by atoms with Crippen molar-refractivity contribution in [2.24, 2.45) is 0 Å². The van der Waals surface area contributed by atoms with Crippen molar-refractivity contribution >= 4 is 22.2 Å². The van der Waals surface area contributed by atoms with Crippen LogP contribution in [0, 0.1) is 11.3 Å². The van der Waals surface area contributed by atoms with E-state index in [0.717, 1.165) is 56.7 Å². The quantitative estimate of drug-likeness (QED) is 0.783. The highest BCUT2D eigenvalue weighted by Gasteiger charge is 2.21. The summed E-state index contributed by atoms with van der Waals surface area (Å²) in [6.07, 6.45) is 7.07. The molecule has 1 aliphatic carbocycles. The van der Waals surface area contributed by atoms with Crippen molar-refractivity contribution in [1.82, 2.24) is 4.90 Å². The van der Waals surface area contributed by atoms with E-state index in [1.165, 1.54) is 16.9 Å². The predicted octanol–water partition coefficient (Wildman–Crippen LogP) is 3.95. The summed E-state index contributed by atoms with van der Waals surface area (Å²) in [4.78, 5) is 15.9. The van der Waals surface area contributed by atoms with Crippen molar-refractivity contribution in [3.63, 3.8) is 0 Å². The molecule has 1 heterocycles. The topological polar surface area (TPSA) is 56.1 Å². The maximum absolute atomic E-state index is 12.3. The number of fused-ring (bicyclic) bond motifs is 1. The Hall–Kier alpha value is -1.38. The SMILES string of the molecule is CCCN(CCC)CCC(=O)Nc1sc2c(c1C#N)CCCC2. The van der Waals surface area contributed by atoms with Gasteiger partial charge in [-0.05, 0) is 57.2 Å². The Kier molecular flexibility index (Phi) is 7.07. The van der Waals surface area contributed by atoms with Gasteiger partial charge in [0.25, 0.3) is 0 Å². The Balaban J connectivity index is 1.95. The van der Waals surface area contributed by atoms with Gasteiger partial charge in [-0.15, -0.1) is 11.3 Å². The van der Waals surface area contributed by atoms with Crippen LogP contribution in [-0.4, -0.2) is 30.4 Å². The molecular weight excluding hydrogens is 306 g/mol. The molecule has 2 rings (SSSR count). The fraction of sp³-hybridized carbons (Fsp3) is 0.667. The van der Waals surface area contributed by atoms with E-state index in [2.05, 4.69) is 30.1 Å². The lowest BCUT2D eigenvalue weighted by molar-refractivity contribution is -0.116. The predicted molar refractivity (Wildman–Crippen MR) is 95.9 cm³/mol. The number of anilines is 1. The van der Waals surface area contributed by atoms with E-state index in [0.29, 0.717) is 12.0 Å². The fourth-order valence-corrected chi connectivity index (χ4v) is 4.44. The molecule has 1 aromatic heterocycles. The lowest BCUT2D eigenvalue weighted by Crippen LogP contribution is -2.29. The van der Waals surface area contributed by atoms with Crippen molar-refractivity contribution in [3.05, 3.63) is 16.0 Å². The largest absolute Gasteiger partial charge is 0.317 e. The first-order valence-corrected chi connectivity index (χ1v) is 9.58. The number of nitrogens with zero attached hydrogens (tertiary/aromatic N) is 2. The van der Waals surface area contributed by atoms with Crippen LogP contribution in [0.1, 0.15) is 62.0 Å². The third-order valence-corrected chi connectivity index (χ3v) is 5.48. The maximum Gasteiger partial charge on any atom is 0.226 e. The van der Waals surface area contributed by atoms with Crippen molar-refractivity contribution in [2.75, 3.05) is 25.0 Å². The molecule has 4 nitrogen and oxygen atoms in total. The van der Waals surface area contributed by atoms with Gasteiger partial charge < -0.3 is 10.2 Å². The smallest absolute Gasteiger partial charge is 0.226 e. The molecule has 1 aliphatic rings. The van der Waals surface area contributed by atoms with E-state index >= 15 is 0 Å². The standard InChI is InChI=1S/C18H27N3OS/c1-3-10-21(11-4-2)12-9-17(22)20-18-15(13-19)14-7-5-6-8-16(14)23-18/h3-12H2,1-2H3,(H,20,22). The number of carbonyl (C=O) groups excluding carboxylic acids is 1. The molecule has 1 aromatic rings. The molecule has 0 atom stereocenters. The van der Waals surface area contributed by atoms with Crippen LogP contribution in [0.4, 0.5) is 5.00 Å². The highest BCUT2D eigenvalue weighted by molar-refractivity contribution is 7.16. The summed E-state index contributed by atoms with van der Waals surface area (Å²) in [5, 5.41) is 13.2. The lowest BCUT2D eigenvalue weighted by Gasteiger charge is -2.20. The van der Waals surface area contributed by atoms with Crippen LogP contribution in [0.25, 0.3) is 0 Å². The Morgan fingerprint density at radius 2 is 1.91 bits per heavy atom. The number of aryl methyl sites for hydroxylation is 1. The summed E-state index contributed by atoms with van der Waals surface area (Å²) in [5.74, 6) is 0.0253. The first kappa shape index (κ1) is 18.0. The van der Waals surface area contributed by atoms with Gasteiger partial charge in [-0.1, -0.05) is 13.8 Å². The second-order valence-electron chi connectivity index (χ2n) is 6.17. The minimum atomic E-state index is 0.0253. The Bertz CT molecular complexity index is 568. The van der Waals surface area contributed by atoms with Gasteiger partial charge in [0.15, 0.2) is 0 Å². The summed E-state index contributed by atoms with van der Waals surface area (Å²) in [7, 11) is 0. The molecule has 5 heteroatoms. The maximum atomic E-state index is 12.3. The number of rotatable bonds is 8. The number of nitriles is 1. The highest BCUT2D eigenvalue weighted by atomic mass is 32.1. The van der Waals surface area contributed by atoms with Crippen LogP contribution >= 0.6 is 11.3 Å². The number of nitrogens with one attached hydrogen (secondary N) is 1. The highest BCUT2D eigenvalue weighted by Crippen LogP contribution is 2.37. The van der Waals surface area contributed by atoms with E-state index < -0.39 is 0 Å². The molecule has 0 aliphatic heterocycles. The van der Waals surface area contributed by atoms with Crippen LogP contribution in [0.3, 0.4) is 0 Å². The minimum Gasteiger partial charge on any atom is -0.317 e. The van der Waals surface area contributed by atoms with Gasteiger partial charge in [0.1, 0.15) is 11.1 Å². The first-order chi connectivity index (χ1) is 11.2. The monoisotopic (exact) mass is 333 g/mol. The number of thiophene rings is 1. The zero-order valence-electron chi connectivity index (χ0n) is 14.3. The van der Waals surface area contributed by atoms with E-state index in [9.17, 15) is 10.1 Å². The number of hydrogen-bond acceptors (Lipinski definition) is 4.